The molecule has 0 heterocycles. The van der Waals surface area contributed by atoms with Crippen LogP contribution in [0.15, 0.2) is 485 Å². The maximum atomic E-state index is 2.41. The molecule has 2 nitrogen and oxygen atoms in total. The number of anilines is 6. The Kier molecular flexibility index (Phi) is 19.5. The highest BCUT2D eigenvalue weighted by molar-refractivity contribution is 6.26. The van der Waals surface area contributed by atoms with E-state index in [0.717, 1.165) is 39.7 Å². The van der Waals surface area contributed by atoms with Gasteiger partial charge >= 0.3 is 0 Å². The fraction of sp³-hybridized carbons (Fsp3) is 0. The molecule has 0 aliphatic rings. The van der Waals surface area contributed by atoms with E-state index in [0.29, 0.717) is 0 Å². The van der Waals surface area contributed by atoms with E-state index in [1.165, 1.54) is 160 Å². The fourth-order valence-corrected chi connectivity index (χ4v) is 17.4. The molecule has 118 heavy (non-hydrogen) atoms. The predicted octanol–water partition coefficient (Wildman–Crippen LogP) is 32.7. The van der Waals surface area contributed by atoms with Crippen LogP contribution in [0.4, 0.5) is 34.1 Å². The highest BCUT2D eigenvalue weighted by Crippen LogP contribution is 2.48. The third kappa shape index (κ3) is 14.2. The number of benzene rings is 21. The smallest absolute Gasteiger partial charge is 0.0468 e. The van der Waals surface area contributed by atoms with Gasteiger partial charge in [0.15, 0.2) is 0 Å². The van der Waals surface area contributed by atoms with Gasteiger partial charge in [0.2, 0.25) is 0 Å². The van der Waals surface area contributed by atoms with Crippen molar-refractivity contribution in [2.45, 2.75) is 0 Å². The zero-order valence-electron chi connectivity index (χ0n) is 65.1. The standard InChI is InChI=1S/C62H43N.C54H37N/c1-3-15-44(16-4-1)45-29-31-51(32-30-45)62-43-54(41-42-61(62)60-26-12-11-25-59(60)46-17-5-2-6-18-46)63(52-37-33-49(34-38-52)57-27-13-21-47-19-7-9-23-55(47)57)53-39-35-50(36-40-53)58-28-14-22-48-20-8-10-24-56(48)58;1-4-14-38(15-5-1)40-24-26-43(27-25-40)47-34-32-45(36-53(47)42-18-8-3-9-19-42)55(44-30-28-41(29-31-44)39-16-6-2-7-17-39)46-33-35-52-50-22-11-10-20-48(50)49-21-12-13-23-51(49)54(52)37-46/h1-43H;1-37H. The lowest BCUT2D eigenvalue weighted by molar-refractivity contribution is 1.28. The van der Waals surface area contributed by atoms with Crippen LogP contribution in [0.2, 0.25) is 0 Å². The van der Waals surface area contributed by atoms with Gasteiger partial charge in [0, 0.05) is 34.1 Å². The van der Waals surface area contributed by atoms with E-state index in [2.05, 4.69) is 495 Å². The molecule has 554 valence electrons. The van der Waals surface area contributed by atoms with Gasteiger partial charge in [0.05, 0.1) is 0 Å². The van der Waals surface area contributed by atoms with Crippen molar-refractivity contribution in [3.63, 3.8) is 0 Å². The van der Waals surface area contributed by atoms with Crippen LogP contribution in [0.3, 0.4) is 0 Å². The molecule has 21 aromatic rings. The minimum atomic E-state index is 1.08. The Morgan fingerprint density at radius 2 is 0.322 bits per heavy atom. The third-order valence-electron chi connectivity index (χ3n) is 23.2. The lowest BCUT2D eigenvalue weighted by Gasteiger charge is -2.27. The lowest BCUT2D eigenvalue weighted by atomic mass is 9.88. The van der Waals surface area contributed by atoms with Crippen molar-refractivity contribution in [3.8, 4) is 111 Å². The second-order valence-electron chi connectivity index (χ2n) is 30.2. The Hall–Kier alpha value is -15.5. The summed E-state index contributed by atoms with van der Waals surface area (Å²) in [5, 5.41) is 12.6. The van der Waals surface area contributed by atoms with Gasteiger partial charge in [0.25, 0.3) is 0 Å². The molecule has 0 N–H and O–H groups in total. The van der Waals surface area contributed by atoms with Gasteiger partial charge in [-0.05, 0) is 238 Å². The van der Waals surface area contributed by atoms with Crippen LogP contribution in [0.1, 0.15) is 0 Å². The molecule has 0 aliphatic carbocycles. The SMILES string of the molecule is c1ccc(-c2ccc(-c3cc(N(c4ccc(-c5cccc6ccccc56)cc4)c4ccc(-c5cccc6ccccc56)cc4)ccc3-c3ccccc3-c3ccccc3)cc2)cc1.c1ccc(-c2ccc(-c3ccc(N(c4ccc(-c5ccccc5)cc4)c4ccc5c6ccccc6c6ccccc6c5c4)cc3-c3ccccc3)cc2)cc1. The fourth-order valence-electron chi connectivity index (χ4n) is 17.4. The molecule has 0 radical (unpaired) electrons. The van der Waals surface area contributed by atoms with Crippen molar-refractivity contribution in [1.29, 1.82) is 0 Å². The molecule has 0 aromatic heterocycles. The molecule has 21 rings (SSSR count). The zero-order chi connectivity index (χ0) is 78.5. The Morgan fingerprint density at radius 3 is 0.763 bits per heavy atom. The van der Waals surface area contributed by atoms with E-state index in [1.54, 1.807) is 0 Å². The first kappa shape index (κ1) is 71.6. The van der Waals surface area contributed by atoms with Gasteiger partial charge in [-0.15, -0.1) is 0 Å². The number of hydrogen-bond donors (Lipinski definition) is 0. The molecule has 21 aromatic carbocycles. The molecule has 0 amide bonds. The highest BCUT2D eigenvalue weighted by atomic mass is 15.1. The van der Waals surface area contributed by atoms with Crippen molar-refractivity contribution in [2.75, 3.05) is 9.80 Å². The quantitative estimate of drug-likeness (QED) is 0.0890. The van der Waals surface area contributed by atoms with Crippen LogP contribution in [0.25, 0.3) is 165 Å². The topological polar surface area (TPSA) is 6.48 Å². The van der Waals surface area contributed by atoms with Crippen molar-refractivity contribution in [3.05, 3.63) is 485 Å². The maximum absolute atomic E-state index is 2.41. The van der Waals surface area contributed by atoms with Crippen molar-refractivity contribution >= 4 is 88.0 Å². The molecule has 0 fully saturated rings. The van der Waals surface area contributed by atoms with Gasteiger partial charge in [-0.25, -0.2) is 0 Å². The monoisotopic (exact) mass is 1500 g/mol. The summed E-state index contributed by atoms with van der Waals surface area (Å²) >= 11 is 0. The van der Waals surface area contributed by atoms with Gasteiger partial charge in [-0.3, -0.25) is 0 Å². The predicted molar refractivity (Wildman–Crippen MR) is 504 cm³/mol. The number of fused-ring (bicyclic) bond motifs is 8. The molecule has 0 saturated carbocycles. The van der Waals surface area contributed by atoms with Gasteiger partial charge in [0.1, 0.15) is 0 Å². The van der Waals surface area contributed by atoms with E-state index in [4.69, 9.17) is 0 Å². The Morgan fingerprint density at radius 1 is 0.102 bits per heavy atom. The summed E-state index contributed by atoms with van der Waals surface area (Å²) in [6.07, 6.45) is 0. The molecular formula is C116H80N2. The summed E-state index contributed by atoms with van der Waals surface area (Å²) in [5.74, 6) is 0. The third-order valence-corrected chi connectivity index (χ3v) is 23.2. The van der Waals surface area contributed by atoms with Crippen LogP contribution in [-0.4, -0.2) is 0 Å². The molecule has 2 heteroatoms. The van der Waals surface area contributed by atoms with Gasteiger partial charge in [-0.1, -0.05) is 413 Å². The maximum Gasteiger partial charge on any atom is 0.0468 e. The summed E-state index contributed by atoms with van der Waals surface area (Å²) < 4.78 is 0. The number of hydrogen-bond acceptors (Lipinski definition) is 2. The summed E-state index contributed by atoms with van der Waals surface area (Å²) in [5.41, 5.74) is 30.5. The van der Waals surface area contributed by atoms with E-state index in [1.807, 2.05) is 0 Å². The van der Waals surface area contributed by atoms with Crippen molar-refractivity contribution in [1.82, 2.24) is 0 Å². The molecule has 0 atom stereocenters. The average Bonchev–Trinajstić information content (AvgIpc) is 0.740. The first-order chi connectivity index (χ1) is 58.5. The normalized spacial score (nSPS) is 11.2. The lowest BCUT2D eigenvalue weighted by Crippen LogP contribution is -2.10. The minimum Gasteiger partial charge on any atom is -0.310 e. The van der Waals surface area contributed by atoms with Gasteiger partial charge in [-0.2, -0.15) is 0 Å². The van der Waals surface area contributed by atoms with E-state index in [9.17, 15) is 0 Å². The molecule has 0 spiro atoms. The molecule has 0 saturated heterocycles. The molecule has 0 unspecified atom stereocenters. The number of nitrogens with zero attached hydrogens (tertiary/aromatic N) is 2. The van der Waals surface area contributed by atoms with Crippen molar-refractivity contribution in [2.24, 2.45) is 0 Å². The second kappa shape index (κ2) is 32.2. The van der Waals surface area contributed by atoms with Crippen molar-refractivity contribution < 1.29 is 0 Å². The first-order valence-corrected chi connectivity index (χ1v) is 40.6. The van der Waals surface area contributed by atoms with Gasteiger partial charge < -0.3 is 9.80 Å². The Balaban J connectivity index is 0.000000153. The van der Waals surface area contributed by atoms with E-state index >= 15 is 0 Å². The summed E-state index contributed by atoms with van der Waals surface area (Å²) in [4.78, 5) is 4.81. The van der Waals surface area contributed by atoms with Crippen LogP contribution in [-0.2, 0) is 0 Å². The minimum absolute atomic E-state index is 1.08. The summed E-state index contributed by atoms with van der Waals surface area (Å²) in [6, 6.07) is 176. The largest absolute Gasteiger partial charge is 0.310 e. The van der Waals surface area contributed by atoms with Crippen LogP contribution >= 0.6 is 0 Å². The van der Waals surface area contributed by atoms with Crippen LogP contribution < -0.4 is 9.80 Å². The summed E-state index contributed by atoms with van der Waals surface area (Å²) in [7, 11) is 0. The summed E-state index contributed by atoms with van der Waals surface area (Å²) in [6.45, 7) is 0. The second-order valence-corrected chi connectivity index (χ2v) is 30.2. The Bertz CT molecular complexity index is 6980. The van der Waals surface area contributed by atoms with Crippen LogP contribution in [0.5, 0.6) is 0 Å². The Labute approximate surface area is 689 Å². The molecule has 0 aliphatic heterocycles. The van der Waals surface area contributed by atoms with Crippen LogP contribution in [0, 0.1) is 0 Å². The zero-order valence-corrected chi connectivity index (χ0v) is 65.1. The first-order valence-electron chi connectivity index (χ1n) is 40.6. The van der Waals surface area contributed by atoms with E-state index in [-0.39, 0.29) is 0 Å². The highest BCUT2D eigenvalue weighted by Gasteiger charge is 2.23. The molecular weight excluding hydrogens is 1420 g/mol. The average molecular weight is 1500 g/mol. The molecule has 0 bridgehead atoms. The number of rotatable bonds is 16. The van der Waals surface area contributed by atoms with E-state index < -0.39 is 0 Å².